The van der Waals surface area contributed by atoms with Crippen LogP contribution in [0.1, 0.15) is 36.9 Å². The maximum absolute atomic E-state index is 12.2. The molecular weight excluding hydrogens is 288 g/mol. The molecule has 0 spiro atoms. The van der Waals surface area contributed by atoms with Gasteiger partial charge in [-0.15, -0.1) is 0 Å². The van der Waals surface area contributed by atoms with E-state index in [0.29, 0.717) is 5.82 Å². The topological polar surface area (TPSA) is 58.1 Å². The number of anilines is 2. The van der Waals surface area contributed by atoms with Crippen molar-refractivity contribution in [3.63, 3.8) is 0 Å². The van der Waals surface area contributed by atoms with Crippen LogP contribution in [0.25, 0.3) is 11.3 Å². The summed E-state index contributed by atoms with van der Waals surface area (Å²) in [7, 11) is 2.05. The molecule has 2 aliphatic rings. The lowest BCUT2D eigenvalue weighted by molar-refractivity contribution is -0.117. The van der Waals surface area contributed by atoms with Crippen LogP contribution in [-0.2, 0) is 4.79 Å². The van der Waals surface area contributed by atoms with E-state index in [0.717, 1.165) is 35.3 Å². The standard InChI is InChI=1S/C18H20N4O/c1-10-9-20-17(21-18(23)12-6-7-12)16-14(10)15-13(5-4-8-19-15)11(2)22(16)3/h4-5,8-9,11-12H,6-7H2,1-3H3,(H,20,21,23). The molecule has 0 bridgehead atoms. The van der Waals surface area contributed by atoms with Crippen molar-refractivity contribution in [3.8, 4) is 11.3 Å². The van der Waals surface area contributed by atoms with Crippen molar-refractivity contribution in [1.29, 1.82) is 0 Å². The Balaban J connectivity index is 1.89. The maximum Gasteiger partial charge on any atom is 0.228 e. The summed E-state index contributed by atoms with van der Waals surface area (Å²) < 4.78 is 0. The van der Waals surface area contributed by atoms with Crippen molar-refractivity contribution in [2.75, 3.05) is 17.3 Å². The molecule has 1 unspecified atom stereocenters. The molecule has 0 radical (unpaired) electrons. The van der Waals surface area contributed by atoms with Crippen molar-refractivity contribution in [2.45, 2.75) is 32.7 Å². The maximum atomic E-state index is 12.2. The van der Waals surface area contributed by atoms with Gasteiger partial charge in [-0.2, -0.15) is 0 Å². The highest BCUT2D eigenvalue weighted by Crippen LogP contribution is 2.47. The molecule has 1 aliphatic heterocycles. The van der Waals surface area contributed by atoms with E-state index < -0.39 is 0 Å². The lowest BCUT2D eigenvalue weighted by Gasteiger charge is -2.36. The largest absolute Gasteiger partial charge is 0.364 e. The minimum Gasteiger partial charge on any atom is -0.364 e. The molecule has 118 valence electrons. The van der Waals surface area contributed by atoms with Crippen LogP contribution in [0.2, 0.25) is 0 Å². The SMILES string of the molecule is Cc1cnc(NC(=O)C2CC2)c2c1-c1ncccc1C(C)N2C. The average molecular weight is 308 g/mol. The van der Waals surface area contributed by atoms with Crippen LogP contribution in [0.5, 0.6) is 0 Å². The Labute approximate surface area is 135 Å². The molecule has 1 aliphatic carbocycles. The van der Waals surface area contributed by atoms with Gasteiger partial charge in [-0.25, -0.2) is 4.98 Å². The molecule has 1 N–H and O–H groups in total. The number of rotatable bonds is 2. The number of aromatic nitrogens is 2. The number of hydrogen-bond donors (Lipinski definition) is 1. The molecule has 5 nitrogen and oxygen atoms in total. The van der Waals surface area contributed by atoms with E-state index in [1.165, 1.54) is 5.56 Å². The fourth-order valence-electron chi connectivity index (χ4n) is 3.26. The summed E-state index contributed by atoms with van der Waals surface area (Å²) in [6, 6.07) is 4.28. The first kappa shape index (κ1) is 14.2. The molecule has 1 atom stereocenters. The first-order valence-electron chi connectivity index (χ1n) is 8.06. The summed E-state index contributed by atoms with van der Waals surface area (Å²) in [5, 5.41) is 3.02. The average Bonchev–Trinajstić information content (AvgIpc) is 3.39. The second kappa shape index (κ2) is 5.05. The number of pyridine rings is 2. The number of fused-ring (bicyclic) bond motifs is 3. The van der Waals surface area contributed by atoms with Gasteiger partial charge < -0.3 is 10.2 Å². The third kappa shape index (κ3) is 2.19. The number of amides is 1. The highest BCUT2D eigenvalue weighted by molar-refractivity contribution is 6.00. The summed E-state index contributed by atoms with van der Waals surface area (Å²) >= 11 is 0. The van der Waals surface area contributed by atoms with Gasteiger partial charge in [-0.05, 0) is 38.3 Å². The van der Waals surface area contributed by atoms with Crippen LogP contribution in [0.15, 0.2) is 24.5 Å². The van der Waals surface area contributed by atoms with Crippen molar-refractivity contribution in [3.05, 3.63) is 35.7 Å². The smallest absolute Gasteiger partial charge is 0.228 e. The monoisotopic (exact) mass is 308 g/mol. The molecule has 5 heteroatoms. The Morgan fingerprint density at radius 1 is 1.35 bits per heavy atom. The second-order valence-corrected chi connectivity index (χ2v) is 6.51. The lowest BCUT2D eigenvalue weighted by Crippen LogP contribution is -2.29. The fourth-order valence-corrected chi connectivity index (χ4v) is 3.26. The van der Waals surface area contributed by atoms with Crippen molar-refractivity contribution in [2.24, 2.45) is 5.92 Å². The van der Waals surface area contributed by atoms with Crippen LogP contribution < -0.4 is 10.2 Å². The molecule has 4 rings (SSSR count). The highest BCUT2D eigenvalue weighted by atomic mass is 16.2. The molecule has 3 heterocycles. The molecule has 1 saturated carbocycles. The van der Waals surface area contributed by atoms with Crippen molar-refractivity contribution >= 4 is 17.4 Å². The zero-order chi connectivity index (χ0) is 16.1. The van der Waals surface area contributed by atoms with E-state index in [4.69, 9.17) is 0 Å². The summed E-state index contributed by atoms with van der Waals surface area (Å²) in [6.45, 7) is 4.19. The van der Waals surface area contributed by atoms with Gasteiger partial charge in [0.1, 0.15) is 0 Å². The van der Waals surface area contributed by atoms with Gasteiger partial charge in [0.2, 0.25) is 5.91 Å². The van der Waals surface area contributed by atoms with Gasteiger partial charge in [0.05, 0.1) is 17.4 Å². The van der Waals surface area contributed by atoms with Crippen LogP contribution in [0.4, 0.5) is 11.5 Å². The number of aryl methyl sites for hydroxylation is 1. The summed E-state index contributed by atoms with van der Waals surface area (Å²) in [4.78, 5) is 23.5. The van der Waals surface area contributed by atoms with E-state index in [1.54, 1.807) is 0 Å². The van der Waals surface area contributed by atoms with E-state index >= 15 is 0 Å². The number of carbonyl (C=O) groups is 1. The summed E-state index contributed by atoms with van der Waals surface area (Å²) in [5.41, 5.74) is 5.31. The zero-order valence-electron chi connectivity index (χ0n) is 13.6. The lowest BCUT2D eigenvalue weighted by atomic mass is 9.91. The van der Waals surface area contributed by atoms with Gasteiger partial charge in [0, 0.05) is 36.5 Å². The number of hydrogen-bond acceptors (Lipinski definition) is 4. The molecule has 2 aromatic rings. The van der Waals surface area contributed by atoms with Gasteiger partial charge in [0.15, 0.2) is 5.82 Å². The third-order valence-electron chi connectivity index (χ3n) is 4.89. The Morgan fingerprint density at radius 2 is 2.13 bits per heavy atom. The van der Waals surface area contributed by atoms with Crippen molar-refractivity contribution in [1.82, 2.24) is 9.97 Å². The Hall–Kier alpha value is -2.43. The van der Waals surface area contributed by atoms with Gasteiger partial charge >= 0.3 is 0 Å². The molecule has 0 aromatic carbocycles. The Morgan fingerprint density at radius 3 is 2.87 bits per heavy atom. The van der Waals surface area contributed by atoms with Crippen LogP contribution >= 0.6 is 0 Å². The number of nitrogens with zero attached hydrogens (tertiary/aromatic N) is 3. The molecule has 2 aromatic heterocycles. The second-order valence-electron chi connectivity index (χ2n) is 6.51. The van der Waals surface area contributed by atoms with E-state index in [-0.39, 0.29) is 17.9 Å². The summed E-state index contributed by atoms with van der Waals surface area (Å²) in [6.07, 6.45) is 5.61. The first-order chi connectivity index (χ1) is 11.1. The minimum absolute atomic E-state index is 0.0800. The minimum atomic E-state index is 0.0800. The van der Waals surface area contributed by atoms with Crippen molar-refractivity contribution < 1.29 is 4.79 Å². The zero-order valence-corrected chi connectivity index (χ0v) is 13.6. The normalized spacial score (nSPS) is 19.1. The van der Waals surface area contributed by atoms with Gasteiger partial charge in [-0.3, -0.25) is 9.78 Å². The van der Waals surface area contributed by atoms with Crippen LogP contribution in [0.3, 0.4) is 0 Å². The van der Waals surface area contributed by atoms with Crippen LogP contribution in [-0.4, -0.2) is 22.9 Å². The molecule has 0 saturated heterocycles. The predicted molar refractivity (Wildman–Crippen MR) is 90.4 cm³/mol. The summed E-state index contributed by atoms with van der Waals surface area (Å²) in [5.74, 6) is 0.884. The predicted octanol–water partition coefficient (Wildman–Crippen LogP) is 3.31. The number of nitrogens with one attached hydrogen (secondary N) is 1. The van der Waals surface area contributed by atoms with E-state index in [2.05, 4.69) is 33.2 Å². The van der Waals surface area contributed by atoms with E-state index in [1.807, 2.05) is 32.4 Å². The first-order valence-corrected chi connectivity index (χ1v) is 8.06. The van der Waals surface area contributed by atoms with Gasteiger partial charge in [0.25, 0.3) is 0 Å². The fraction of sp³-hybridized carbons (Fsp3) is 0.389. The van der Waals surface area contributed by atoms with Gasteiger partial charge in [-0.1, -0.05) is 6.07 Å². The molecular formula is C18H20N4O. The van der Waals surface area contributed by atoms with E-state index in [9.17, 15) is 4.79 Å². The molecule has 23 heavy (non-hydrogen) atoms. The Bertz CT molecular complexity index is 798. The van der Waals surface area contributed by atoms with Crippen LogP contribution in [0, 0.1) is 12.8 Å². The molecule has 1 amide bonds. The number of carbonyl (C=O) groups excluding carboxylic acids is 1. The highest BCUT2D eigenvalue weighted by Gasteiger charge is 2.34. The Kier molecular flexibility index (Phi) is 3.11. The molecule has 1 fully saturated rings. The quantitative estimate of drug-likeness (QED) is 0.924. The third-order valence-corrected chi connectivity index (χ3v) is 4.89.